The Hall–Kier alpha value is -1.23. The first-order valence-corrected chi connectivity index (χ1v) is 5.04. The van der Waals surface area contributed by atoms with Crippen LogP contribution in [0.2, 0.25) is 0 Å². The molecule has 0 atom stereocenters. The first-order chi connectivity index (χ1) is 7.13. The minimum atomic E-state index is -0.420. The van der Waals surface area contributed by atoms with E-state index in [1.54, 1.807) is 6.07 Å². The smallest absolute Gasteiger partial charge is 0.336 e. The van der Waals surface area contributed by atoms with Crippen molar-refractivity contribution in [1.29, 1.82) is 0 Å². The van der Waals surface area contributed by atoms with Gasteiger partial charge >= 0.3 is 5.97 Å². The molecule has 2 rings (SSSR count). The van der Waals surface area contributed by atoms with E-state index >= 15 is 0 Å². The number of carbonyl (C=O) groups excluding carboxylic acids is 1. The number of hydrogen-bond acceptors (Lipinski definition) is 3. The van der Waals surface area contributed by atoms with Crippen molar-refractivity contribution in [2.24, 2.45) is 4.99 Å². The summed E-state index contributed by atoms with van der Waals surface area (Å²) in [5.74, 6) is -0.806. The summed E-state index contributed by atoms with van der Waals surface area (Å²) in [4.78, 5) is 15.4. The fourth-order valence-electron chi connectivity index (χ4n) is 1.46. The largest absolute Gasteiger partial charge is 0.466 e. The lowest BCUT2D eigenvalue weighted by Crippen LogP contribution is -2.26. The average molecular weight is 272 g/mol. The van der Waals surface area contributed by atoms with Gasteiger partial charge in [0.15, 0.2) is 0 Å². The number of methoxy groups -OCH3 is 1. The van der Waals surface area contributed by atoms with Gasteiger partial charge in [0.25, 0.3) is 0 Å². The van der Waals surface area contributed by atoms with Crippen LogP contribution >= 0.6 is 15.9 Å². The van der Waals surface area contributed by atoms with Crippen LogP contribution in [0.3, 0.4) is 0 Å². The molecule has 78 valence electrons. The van der Waals surface area contributed by atoms with Gasteiger partial charge in [-0.15, -0.1) is 0 Å². The molecule has 0 unspecified atom stereocenters. The highest BCUT2D eigenvalue weighted by molar-refractivity contribution is 9.10. The fourth-order valence-corrected chi connectivity index (χ4v) is 1.80. The second-order valence-corrected chi connectivity index (χ2v) is 3.92. The second kappa shape index (κ2) is 3.73. The summed E-state index contributed by atoms with van der Waals surface area (Å²) >= 11 is 3.07. The van der Waals surface area contributed by atoms with Crippen molar-refractivity contribution in [1.82, 2.24) is 0 Å². The maximum Gasteiger partial charge on any atom is 0.336 e. The molecule has 1 aromatic carbocycles. The SMILES string of the molecule is COC(=O)C1=c2cc(Br)c(F)cc2=NC1. The molecule has 15 heavy (non-hydrogen) atoms. The van der Waals surface area contributed by atoms with E-state index in [1.807, 2.05) is 0 Å². The van der Waals surface area contributed by atoms with E-state index in [9.17, 15) is 9.18 Å². The van der Waals surface area contributed by atoms with E-state index in [-0.39, 0.29) is 12.4 Å². The molecule has 0 fully saturated rings. The molecule has 0 amide bonds. The van der Waals surface area contributed by atoms with E-state index < -0.39 is 5.97 Å². The molecular formula is C10H7BrFNO2. The van der Waals surface area contributed by atoms with Crippen molar-refractivity contribution in [2.45, 2.75) is 0 Å². The molecule has 3 nitrogen and oxygen atoms in total. The topological polar surface area (TPSA) is 38.7 Å². The van der Waals surface area contributed by atoms with Crippen LogP contribution in [-0.2, 0) is 9.53 Å². The van der Waals surface area contributed by atoms with Gasteiger partial charge in [0.1, 0.15) is 5.82 Å². The van der Waals surface area contributed by atoms with Gasteiger partial charge in [-0.2, -0.15) is 0 Å². The Labute approximate surface area is 93.4 Å². The summed E-state index contributed by atoms with van der Waals surface area (Å²) < 4.78 is 18.1. The average Bonchev–Trinajstić information content (AvgIpc) is 2.61. The van der Waals surface area contributed by atoms with Gasteiger partial charge in [-0.1, -0.05) is 0 Å². The Kier molecular flexibility index (Phi) is 2.56. The zero-order chi connectivity index (χ0) is 11.0. The Morgan fingerprint density at radius 3 is 3.00 bits per heavy atom. The minimum Gasteiger partial charge on any atom is -0.466 e. The summed E-state index contributed by atoms with van der Waals surface area (Å²) in [5, 5.41) is 1.13. The van der Waals surface area contributed by atoms with Crippen molar-refractivity contribution < 1.29 is 13.9 Å². The van der Waals surface area contributed by atoms with Gasteiger partial charge in [-0.05, 0) is 22.0 Å². The van der Waals surface area contributed by atoms with E-state index in [0.717, 1.165) is 0 Å². The maximum absolute atomic E-state index is 13.2. The van der Waals surface area contributed by atoms with Gasteiger partial charge in [0.2, 0.25) is 0 Å². The Morgan fingerprint density at radius 1 is 1.60 bits per heavy atom. The van der Waals surface area contributed by atoms with Gasteiger partial charge in [0.05, 0.1) is 29.1 Å². The molecule has 0 bridgehead atoms. The number of hydrogen-bond donors (Lipinski definition) is 0. The van der Waals surface area contributed by atoms with Crippen molar-refractivity contribution in [3.05, 3.63) is 33.0 Å². The Balaban J connectivity index is 2.73. The van der Waals surface area contributed by atoms with E-state index in [0.29, 0.717) is 20.6 Å². The van der Waals surface area contributed by atoms with Crippen LogP contribution in [0.15, 0.2) is 21.6 Å². The van der Waals surface area contributed by atoms with Crippen LogP contribution in [0.5, 0.6) is 0 Å². The lowest BCUT2D eigenvalue weighted by atomic mass is 10.2. The first kappa shape index (κ1) is 10.3. The van der Waals surface area contributed by atoms with Crippen molar-refractivity contribution >= 4 is 27.5 Å². The predicted octanol–water partition coefficient (Wildman–Crippen LogP) is 0.545. The van der Waals surface area contributed by atoms with Crippen molar-refractivity contribution in [3.8, 4) is 0 Å². The number of esters is 1. The summed E-state index contributed by atoms with van der Waals surface area (Å²) in [7, 11) is 1.31. The van der Waals surface area contributed by atoms with Crippen LogP contribution in [0.4, 0.5) is 4.39 Å². The van der Waals surface area contributed by atoms with Crippen LogP contribution in [-0.4, -0.2) is 19.6 Å². The molecule has 1 aliphatic heterocycles. The molecule has 1 heterocycles. The molecule has 0 saturated heterocycles. The van der Waals surface area contributed by atoms with Crippen LogP contribution in [0.1, 0.15) is 0 Å². The van der Waals surface area contributed by atoms with E-state index in [1.165, 1.54) is 13.2 Å². The molecule has 0 aromatic heterocycles. The Bertz CT molecular complexity index is 553. The lowest BCUT2D eigenvalue weighted by molar-refractivity contribution is -0.133. The molecular weight excluding hydrogens is 265 g/mol. The molecule has 1 aliphatic rings. The Morgan fingerprint density at radius 2 is 2.33 bits per heavy atom. The monoisotopic (exact) mass is 271 g/mol. The van der Waals surface area contributed by atoms with Gasteiger partial charge in [-0.25, -0.2) is 9.18 Å². The quantitative estimate of drug-likeness (QED) is 0.700. The van der Waals surface area contributed by atoms with Gasteiger partial charge in [-0.3, -0.25) is 4.99 Å². The number of benzene rings is 1. The van der Waals surface area contributed by atoms with Crippen LogP contribution in [0, 0.1) is 5.82 Å². The van der Waals surface area contributed by atoms with E-state index in [4.69, 9.17) is 0 Å². The third kappa shape index (κ3) is 1.67. The maximum atomic E-state index is 13.2. The number of nitrogens with zero attached hydrogens (tertiary/aromatic N) is 1. The lowest BCUT2D eigenvalue weighted by Gasteiger charge is -1.97. The summed E-state index contributed by atoms with van der Waals surface area (Å²) in [6, 6.07) is 2.85. The highest BCUT2D eigenvalue weighted by Gasteiger charge is 2.16. The fraction of sp³-hybridized carbons (Fsp3) is 0.200. The molecule has 0 radical (unpaired) electrons. The number of ether oxygens (including phenoxy) is 1. The molecule has 1 aromatic rings. The normalized spacial score (nSPS) is 13.4. The second-order valence-electron chi connectivity index (χ2n) is 3.07. The number of rotatable bonds is 1. The molecule has 0 saturated carbocycles. The predicted molar refractivity (Wildman–Crippen MR) is 55.2 cm³/mol. The van der Waals surface area contributed by atoms with Crippen molar-refractivity contribution in [3.63, 3.8) is 0 Å². The van der Waals surface area contributed by atoms with Crippen molar-refractivity contribution in [2.75, 3.05) is 13.7 Å². The summed E-state index contributed by atoms with van der Waals surface area (Å²) in [5.41, 5.74) is 0.466. The summed E-state index contributed by atoms with van der Waals surface area (Å²) in [6.45, 7) is 0.248. The molecule has 0 aliphatic carbocycles. The minimum absolute atomic E-state index is 0.248. The van der Waals surface area contributed by atoms with Gasteiger partial charge < -0.3 is 4.74 Å². The number of carbonyl (C=O) groups is 1. The number of fused-ring (bicyclic) bond motifs is 1. The van der Waals surface area contributed by atoms with Crippen LogP contribution in [0.25, 0.3) is 5.57 Å². The summed E-state index contributed by atoms with van der Waals surface area (Å²) in [6.07, 6.45) is 0. The van der Waals surface area contributed by atoms with E-state index in [2.05, 4.69) is 25.7 Å². The van der Waals surface area contributed by atoms with Crippen LogP contribution < -0.4 is 10.6 Å². The zero-order valence-electron chi connectivity index (χ0n) is 7.88. The standard InChI is InChI=1S/C10H7BrFNO2/c1-15-10(14)6-4-13-9-3-8(12)7(11)2-5(6)9/h2-3H,4H2,1H3. The third-order valence-corrected chi connectivity index (χ3v) is 2.81. The van der Waals surface area contributed by atoms with Gasteiger partial charge in [0, 0.05) is 11.3 Å². The number of halogens is 2. The molecule has 0 spiro atoms. The third-order valence-electron chi connectivity index (χ3n) is 2.20. The highest BCUT2D eigenvalue weighted by Crippen LogP contribution is 2.11. The molecule has 0 N–H and O–H groups in total. The highest BCUT2D eigenvalue weighted by atomic mass is 79.9. The zero-order valence-corrected chi connectivity index (χ0v) is 9.47. The first-order valence-electron chi connectivity index (χ1n) is 4.24. The molecule has 5 heteroatoms.